The van der Waals surface area contributed by atoms with Gasteiger partial charge in [0.25, 0.3) is 0 Å². The van der Waals surface area contributed by atoms with Crippen LogP contribution in [-0.4, -0.2) is 84.9 Å². The summed E-state index contributed by atoms with van der Waals surface area (Å²) < 4.78 is 45.4. The Bertz CT molecular complexity index is 1740. The highest BCUT2D eigenvalue weighted by molar-refractivity contribution is 5.98. The second-order valence-electron chi connectivity index (χ2n) is 12.3. The zero-order valence-corrected chi connectivity index (χ0v) is 27.5. The van der Waals surface area contributed by atoms with Gasteiger partial charge >= 0.3 is 6.18 Å². The highest BCUT2D eigenvalue weighted by Crippen LogP contribution is 2.30. The minimum absolute atomic E-state index is 0.0113. The van der Waals surface area contributed by atoms with E-state index in [2.05, 4.69) is 26.8 Å². The SMILES string of the molecule is Cc1ccc(CC(=O)c2cccc(C(F)(F)F)c2)cc1CC(=O)N(C)c1cc(Cc2cccc(OCCN3CCN(C)CC3)c2)ncn1. The molecule has 3 aromatic carbocycles. The summed E-state index contributed by atoms with van der Waals surface area (Å²) >= 11 is 0. The molecule has 1 aliphatic rings. The van der Waals surface area contributed by atoms with Gasteiger partial charge in [-0.2, -0.15) is 13.2 Å². The van der Waals surface area contributed by atoms with Crippen LogP contribution in [0.1, 0.15) is 43.9 Å². The number of ketones is 1. The molecular weight excluding hydrogens is 619 g/mol. The molecule has 2 heterocycles. The lowest BCUT2D eigenvalue weighted by molar-refractivity contribution is -0.137. The first-order valence-corrected chi connectivity index (χ1v) is 15.9. The molecule has 0 spiro atoms. The highest BCUT2D eigenvalue weighted by Gasteiger charge is 2.31. The number of carbonyl (C=O) groups is 2. The summed E-state index contributed by atoms with van der Waals surface area (Å²) in [5.74, 6) is 0.617. The number of alkyl halides is 3. The van der Waals surface area contributed by atoms with Crippen molar-refractivity contribution in [1.29, 1.82) is 0 Å². The maximum Gasteiger partial charge on any atom is 0.416 e. The monoisotopic (exact) mass is 659 g/mol. The van der Waals surface area contributed by atoms with E-state index in [0.717, 1.165) is 73.0 Å². The van der Waals surface area contributed by atoms with Crippen molar-refractivity contribution in [2.24, 2.45) is 0 Å². The molecule has 1 saturated heterocycles. The minimum Gasteiger partial charge on any atom is -0.492 e. The van der Waals surface area contributed by atoms with Crippen LogP contribution in [0.2, 0.25) is 0 Å². The number of anilines is 1. The number of amides is 1. The third-order valence-corrected chi connectivity index (χ3v) is 8.61. The molecule has 0 bridgehead atoms. The smallest absolute Gasteiger partial charge is 0.416 e. The normalized spacial score (nSPS) is 14.1. The van der Waals surface area contributed by atoms with E-state index in [0.29, 0.717) is 24.4 Å². The standard InChI is InChI=1S/C37H40F3N5O3/c1-26-10-11-28(21-34(46)29-7-5-8-31(22-29)37(38,39)40)18-30(26)23-36(47)44(3)35-24-32(41-25-42-35)19-27-6-4-9-33(20-27)48-17-16-45-14-12-43(2)13-15-45/h4-11,18,20,22,24-25H,12-17,19,21,23H2,1-3H3. The van der Waals surface area contributed by atoms with E-state index in [1.54, 1.807) is 25.2 Å². The number of likely N-dealkylation sites (N-methyl/N-ethyl adjacent to an activating group) is 2. The fraction of sp³-hybridized carbons (Fsp3) is 0.351. The fourth-order valence-corrected chi connectivity index (χ4v) is 5.58. The average Bonchev–Trinajstić information content (AvgIpc) is 3.07. The van der Waals surface area contributed by atoms with Gasteiger partial charge in [0.1, 0.15) is 24.5 Å². The first-order chi connectivity index (χ1) is 22.9. The van der Waals surface area contributed by atoms with Crippen molar-refractivity contribution in [3.05, 3.63) is 118 Å². The van der Waals surface area contributed by atoms with Crippen molar-refractivity contribution in [2.75, 3.05) is 58.3 Å². The molecule has 4 aromatic rings. The van der Waals surface area contributed by atoms with Gasteiger partial charge in [0.2, 0.25) is 5.91 Å². The van der Waals surface area contributed by atoms with Crippen molar-refractivity contribution in [3.8, 4) is 5.75 Å². The molecule has 0 radical (unpaired) electrons. The van der Waals surface area contributed by atoms with Gasteiger partial charge in [0.05, 0.1) is 17.7 Å². The van der Waals surface area contributed by atoms with Crippen LogP contribution < -0.4 is 9.64 Å². The largest absolute Gasteiger partial charge is 0.492 e. The van der Waals surface area contributed by atoms with Crippen LogP contribution in [-0.2, 0) is 30.2 Å². The Hall–Kier alpha value is -4.61. The number of piperazine rings is 1. The summed E-state index contributed by atoms with van der Waals surface area (Å²) in [5, 5.41) is 0. The molecular formula is C37H40F3N5O3. The quantitative estimate of drug-likeness (QED) is 0.182. The van der Waals surface area contributed by atoms with E-state index >= 15 is 0 Å². The number of Topliss-reactive ketones (excluding diaryl/α,β-unsaturated/α-hetero) is 1. The molecule has 1 fully saturated rings. The summed E-state index contributed by atoms with van der Waals surface area (Å²) in [4.78, 5) is 41.2. The zero-order valence-electron chi connectivity index (χ0n) is 27.5. The molecule has 0 aliphatic carbocycles. The molecule has 1 aliphatic heterocycles. The molecule has 8 nitrogen and oxygen atoms in total. The second-order valence-corrected chi connectivity index (χ2v) is 12.3. The summed E-state index contributed by atoms with van der Waals surface area (Å²) in [7, 11) is 3.79. The molecule has 252 valence electrons. The average molecular weight is 660 g/mol. The van der Waals surface area contributed by atoms with E-state index in [-0.39, 0.29) is 24.3 Å². The number of hydrogen-bond acceptors (Lipinski definition) is 7. The number of halogens is 3. The Kier molecular flexibility index (Phi) is 11.2. The molecule has 0 atom stereocenters. The van der Waals surface area contributed by atoms with Crippen LogP contribution in [0.15, 0.2) is 79.1 Å². The number of ether oxygens (including phenoxy) is 1. The van der Waals surface area contributed by atoms with E-state index in [4.69, 9.17) is 4.74 Å². The summed E-state index contributed by atoms with van der Waals surface area (Å²) in [6.07, 6.45) is -2.59. The molecule has 5 rings (SSSR count). The number of carbonyl (C=O) groups excluding carboxylic acids is 2. The third kappa shape index (κ3) is 9.48. The molecule has 11 heteroatoms. The lowest BCUT2D eigenvalue weighted by Gasteiger charge is -2.32. The minimum atomic E-state index is -4.53. The van der Waals surface area contributed by atoms with Crippen LogP contribution in [0.4, 0.5) is 19.0 Å². The molecule has 0 saturated carbocycles. The summed E-state index contributed by atoms with van der Waals surface area (Å²) in [6, 6.07) is 19.5. The van der Waals surface area contributed by atoms with Crippen molar-refractivity contribution < 1.29 is 27.5 Å². The van der Waals surface area contributed by atoms with Gasteiger partial charge in [0.15, 0.2) is 5.78 Å². The maximum atomic E-state index is 13.4. The summed E-state index contributed by atoms with van der Waals surface area (Å²) in [6.45, 7) is 7.61. The lowest BCUT2D eigenvalue weighted by atomic mass is 9.96. The Morgan fingerprint density at radius 3 is 2.44 bits per heavy atom. The Labute approximate surface area is 279 Å². The molecule has 1 aromatic heterocycles. The second kappa shape index (κ2) is 15.5. The van der Waals surface area contributed by atoms with Gasteiger partial charge in [-0.25, -0.2) is 9.97 Å². The Morgan fingerprint density at radius 1 is 0.896 bits per heavy atom. The number of benzene rings is 3. The predicted octanol–water partition coefficient (Wildman–Crippen LogP) is 5.65. The van der Waals surface area contributed by atoms with E-state index in [1.165, 1.54) is 23.4 Å². The van der Waals surface area contributed by atoms with Gasteiger partial charge in [-0.15, -0.1) is 0 Å². The third-order valence-electron chi connectivity index (χ3n) is 8.61. The maximum absolute atomic E-state index is 13.4. The van der Waals surface area contributed by atoms with Crippen LogP contribution in [0.5, 0.6) is 5.75 Å². The highest BCUT2D eigenvalue weighted by atomic mass is 19.4. The van der Waals surface area contributed by atoms with Gasteiger partial charge in [-0.05, 0) is 60.5 Å². The van der Waals surface area contributed by atoms with Crippen molar-refractivity contribution in [1.82, 2.24) is 19.8 Å². The van der Waals surface area contributed by atoms with Crippen LogP contribution in [0.3, 0.4) is 0 Å². The molecule has 0 N–H and O–H groups in total. The van der Waals surface area contributed by atoms with Crippen LogP contribution in [0.25, 0.3) is 0 Å². The van der Waals surface area contributed by atoms with E-state index in [9.17, 15) is 22.8 Å². The number of nitrogens with zero attached hydrogens (tertiary/aromatic N) is 5. The van der Waals surface area contributed by atoms with E-state index < -0.39 is 17.5 Å². The summed E-state index contributed by atoms with van der Waals surface area (Å²) in [5.41, 5.74) is 3.10. The van der Waals surface area contributed by atoms with Crippen molar-refractivity contribution >= 4 is 17.5 Å². The van der Waals surface area contributed by atoms with Crippen molar-refractivity contribution in [2.45, 2.75) is 32.4 Å². The Balaban J connectivity index is 1.18. The van der Waals surface area contributed by atoms with Gasteiger partial charge < -0.3 is 9.64 Å². The number of aromatic nitrogens is 2. The van der Waals surface area contributed by atoms with Crippen LogP contribution >= 0.6 is 0 Å². The molecule has 1 amide bonds. The number of hydrogen-bond donors (Lipinski definition) is 0. The number of rotatable bonds is 12. The number of aryl methyl sites for hydroxylation is 1. The van der Waals surface area contributed by atoms with Gasteiger partial charge in [0, 0.05) is 64.2 Å². The lowest BCUT2D eigenvalue weighted by Crippen LogP contribution is -2.45. The van der Waals surface area contributed by atoms with E-state index in [1.807, 2.05) is 37.3 Å². The Morgan fingerprint density at radius 2 is 1.67 bits per heavy atom. The molecule has 48 heavy (non-hydrogen) atoms. The van der Waals surface area contributed by atoms with Gasteiger partial charge in [-0.3, -0.25) is 19.4 Å². The van der Waals surface area contributed by atoms with Crippen molar-refractivity contribution in [3.63, 3.8) is 0 Å². The predicted molar refractivity (Wildman–Crippen MR) is 178 cm³/mol. The van der Waals surface area contributed by atoms with Gasteiger partial charge in [-0.1, -0.05) is 42.5 Å². The first kappa shape index (κ1) is 34.7. The molecule has 0 unspecified atom stereocenters. The van der Waals surface area contributed by atoms with Crippen LogP contribution in [0, 0.1) is 6.92 Å². The topological polar surface area (TPSA) is 78.9 Å². The zero-order chi connectivity index (χ0) is 34.3. The fourth-order valence-electron chi connectivity index (χ4n) is 5.58. The first-order valence-electron chi connectivity index (χ1n) is 15.9.